The molecule has 24 heavy (non-hydrogen) atoms. The lowest BCUT2D eigenvalue weighted by Gasteiger charge is -2.02. The van der Waals surface area contributed by atoms with Crippen LogP contribution in [0, 0.1) is 20.2 Å². The van der Waals surface area contributed by atoms with Crippen molar-refractivity contribution < 1.29 is 14.6 Å². The number of nitro benzene ring substituents is 2. The molecule has 1 N–H and O–H groups in total. The second-order valence-corrected chi connectivity index (χ2v) is 5.00. The summed E-state index contributed by atoms with van der Waals surface area (Å²) >= 11 is 5.73. The summed E-state index contributed by atoms with van der Waals surface area (Å²) in [6.45, 7) is 0. The normalized spacial score (nSPS) is 10.5. The molecule has 0 spiro atoms. The highest BCUT2D eigenvalue weighted by Gasteiger charge is 2.18. The van der Waals surface area contributed by atoms with Gasteiger partial charge in [-0.25, -0.2) is 0 Å². The minimum atomic E-state index is -0.746. The van der Waals surface area contributed by atoms with Crippen LogP contribution in [0.5, 0.6) is 0 Å². The first-order valence-electron chi connectivity index (χ1n) is 6.54. The van der Waals surface area contributed by atoms with Crippen molar-refractivity contribution >= 4 is 34.4 Å². The van der Waals surface area contributed by atoms with Gasteiger partial charge >= 0.3 is 0 Å². The third kappa shape index (κ3) is 4.14. The summed E-state index contributed by atoms with van der Waals surface area (Å²) in [7, 11) is 0. The zero-order valence-corrected chi connectivity index (χ0v) is 12.8. The third-order valence-electron chi connectivity index (χ3n) is 2.99. The number of hydrogen-bond acceptors (Lipinski definition) is 6. The predicted octanol–water partition coefficient (Wildman–Crippen LogP) is 3.96. The lowest BCUT2D eigenvalue weighted by Crippen LogP contribution is -1.99. The maximum atomic E-state index is 11.9. The van der Waals surface area contributed by atoms with E-state index in [0.717, 1.165) is 12.1 Å². The van der Waals surface area contributed by atoms with Crippen LogP contribution in [0.4, 0.5) is 17.1 Å². The summed E-state index contributed by atoms with van der Waals surface area (Å²) in [5.41, 5.74) is -0.428. The lowest BCUT2D eigenvalue weighted by atomic mass is 10.1. The molecule has 0 amide bonds. The van der Waals surface area contributed by atoms with Crippen LogP contribution >= 0.6 is 11.6 Å². The van der Waals surface area contributed by atoms with Crippen molar-refractivity contribution in [1.82, 2.24) is 0 Å². The number of halogens is 1. The standard InChI is InChI=1S/C15H10ClN3O5/c16-11-3-1-10(2-4-11)15(20)7-8-17-13-6-5-12(18(21)22)9-14(13)19(23)24/h1-9,17H/b8-7-. The molecule has 122 valence electrons. The third-order valence-corrected chi connectivity index (χ3v) is 3.24. The number of carbonyl (C=O) groups is 1. The second kappa shape index (κ2) is 7.34. The molecule has 0 atom stereocenters. The van der Waals surface area contributed by atoms with Gasteiger partial charge in [-0.15, -0.1) is 0 Å². The Morgan fingerprint density at radius 2 is 1.71 bits per heavy atom. The Kier molecular flexibility index (Phi) is 5.23. The number of nitrogens with one attached hydrogen (secondary N) is 1. The highest BCUT2D eigenvalue weighted by atomic mass is 35.5. The molecule has 0 aliphatic heterocycles. The minimum absolute atomic E-state index is 0.0331. The molecule has 2 aromatic rings. The van der Waals surface area contributed by atoms with Crippen molar-refractivity contribution in [2.75, 3.05) is 5.32 Å². The van der Waals surface area contributed by atoms with E-state index in [1.165, 1.54) is 18.3 Å². The number of nitrogens with zero attached hydrogens (tertiary/aromatic N) is 2. The number of anilines is 1. The van der Waals surface area contributed by atoms with Crippen molar-refractivity contribution in [3.63, 3.8) is 0 Å². The van der Waals surface area contributed by atoms with Gasteiger partial charge in [0.25, 0.3) is 11.4 Å². The Morgan fingerprint density at radius 3 is 2.29 bits per heavy atom. The van der Waals surface area contributed by atoms with E-state index < -0.39 is 21.2 Å². The molecule has 0 saturated heterocycles. The van der Waals surface area contributed by atoms with Gasteiger partial charge in [0, 0.05) is 28.9 Å². The number of allylic oxidation sites excluding steroid dienone is 1. The van der Waals surface area contributed by atoms with Crippen LogP contribution in [-0.2, 0) is 0 Å². The van der Waals surface area contributed by atoms with Crippen LogP contribution in [0.15, 0.2) is 54.7 Å². The Bertz CT molecular complexity index is 834. The number of hydrogen-bond donors (Lipinski definition) is 1. The Balaban J connectivity index is 2.16. The van der Waals surface area contributed by atoms with E-state index in [9.17, 15) is 25.0 Å². The van der Waals surface area contributed by atoms with Crippen molar-refractivity contribution in [2.45, 2.75) is 0 Å². The maximum Gasteiger partial charge on any atom is 0.299 e. The number of ketones is 1. The molecule has 0 bridgehead atoms. The van der Waals surface area contributed by atoms with Crippen molar-refractivity contribution in [3.05, 3.63) is 85.6 Å². The first-order valence-corrected chi connectivity index (χ1v) is 6.92. The molecular weight excluding hydrogens is 338 g/mol. The van der Waals surface area contributed by atoms with Crippen LogP contribution in [0.3, 0.4) is 0 Å². The van der Waals surface area contributed by atoms with Crippen molar-refractivity contribution in [3.8, 4) is 0 Å². The summed E-state index contributed by atoms with van der Waals surface area (Å²) in [6.07, 6.45) is 2.42. The summed E-state index contributed by atoms with van der Waals surface area (Å²) < 4.78 is 0. The molecule has 0 aliphatic carbocycles. The molecule has 0 saturated carbocycles. The van der Waals surface area contributed by atoms with Gasteiger partial charge in [0.05, 0.1) is 15.9 Å². The van der Waals surface area contributed by atoms with Crippen LogP contribution in [0.1, 0.15) is 10.4 Å². The largest absolute Gasteiger partial charge is 0.356 e. The first kappa shape index (κ1) is 17.1. The fraction of sp³-hybridized carbons (Fsp3) is 0. The topological polar surface area (TPSA) is 115 Å². The summed E-state index contributed by atoms with van der Waals surface area (Å²) in [5, 5.41) is 24.7. The summed E-state index contributed by atoms with van der Waals surface area (Å²) in [5.74, 6) is -0.330. The SMILES string of the molecule is O=C(/C=C\Nc1ccc([N+](=O)[O-])cc1[N+](=O)[O-])c1ccc(Cl)cc1. The second-order valence-electron chi connectivity index (χ2n) is 4.56. The molecule has 2 aromatic carbocycles. The summed E-state index contributed by atoms with van der Waals surface area (Å²) in [6, 6.07) is 9.40. The summed E-state index contributed by atoms with van der Waals surface area (Å²) in [4.78, 5) is 32.1. The number of nitro groups is 2. The highest BCUT2D eigenvalue weighted by molar-refractivity contribution is 6.30. The Hall–Kier alpha value is -3.26. The van der Waals surface area contributed by atoms with E-state index in [-0.39, 0.29) is 11.5 Å². The zero-order chi connectivity index (χ0) is 17.7. The predicted molar refractivity (Wildman–Crippen MR) is 88.3 cm³/mol. The van der Waals surface area contributed by atoms with E-state index in [1.54, 1.807) is 24.3 Å². The Morgan fingerprint density at radius 1 is 1.04 bits per heavy atom. The van der Waals surface area contributed by atoms with Gasteiger partial charge in [-0.3, -0.25) is 25.0 Å². The number of benzene rings is 2. The smallest absolute Gasteiger partial charge is 0.299 e. The van der Waals surface area contributed by atoms with Gasteiger partial charge in [0.2, 0.25) is 0 Å². The number of carbonyl (C=O) groups excluding carboxylic acids is 1. The molecule has 2 rings (SSSR count). The molecule has 0 fully saturated rings. The zero-order valence-electron chi connectivity index (χ0n) is 12.0. The van der Waals surface area contributed by atoms with Gasteiger partial charge < -0.3 is 5.32 Å². The van der Waals surface area contributed by atoms with E-state index in [0.29, 0.717) is 10.6 Å². The van der Waals surface area contributed by atoms with Crippen molar-refractivity contribution in [1.29, 1.82) is 0 Å². The van der Waals surface area contributed by atoms with Crippen LogP contribution in [-0.4, -0.2) is 15.6 Å². The van der Waals surface area contributed by atoms with E-state index in [1.807, 2.05) is 0 Å². The molecule has 0 aromatic heterocycles. The van der Waals surface area contributed by atoms with Gasteiger partial charge in [-0.05, 0) is 30.3 Å². The van der Waals surface area contributed by atoms with Crippen LogP contribution < -0.4 is 5.32 Å². The molecule has 0 aliphatic rings. The first-order chi connectivity index (χ1) is 11.4. The number of non-ortho nitro benzene ring substituents is 1. The molecule has 0 radical (unpaired) electrons. The fourth-order valence-electron chi connectivity index (χ4n) is 1.82. The van der Waals surface area contributed by atoms with E-state index in [2.05, 4.69) is 5.32 Å². The molecule has 9 heteroatoms. The molecular formula is C15H10ClN3O5. The Labute approximate surface area is 140 Å². The van der Waals surface area contributed by atoms with Crippen molar-refractivity contribution in [2.24, 2.45) is 0 Å². The molecule has 0 heterocycles. The van der Waals surface area contributed by atoms with Crippen LogP contribution in [0.2, 0.25) is 5.02 Å². The monoisotopic (exact) mass is 347 g/mol. The lowest BCUT2D eigenvalue weighted by molar-refractivity contribution is -0.393. The maximum absolute atomic E-state index is 11.9. The van der Waals surface area contributed by atoms with Gasteiger partial charge in [0.1, 0.15) is 5.69 Å². The molecule has 8 nitrogen and oxygen atoms in total. The van der Waals surface area contributed by atoms with Gasteiger partial charge in [-0.2, -0.15) is 0 Å². The van der Waals surface area contributed by atoms with E-state index in [4.69, 9.17) is 11.6 Å². The van der Waals surface area contributed by atoms with E-state index >= 15 is 0 Å². The fourth-order valence-corrected chi connectivity index (χ4v) is 1.95. The number of rotatable bonds is 6. The van der Waals surface area contributed by atoms with Gasteiger partial charge in [-0.1, -0.05) is 11.6 Å². The average Bonchev–Trinajstić information content (AvgIpc) is 2.55. The highest BCUT2D eigenvalue weighted by Crippen LogP contribution is 2.28. The quantitative estimate of drug-likeness (QED) is 0.366. The minimum Gasteiger partial charge on any atom is -0.356 e. The average molecular weight is 348 g/mol. The van der Waals surface area contributed by atoms with Crippen LogP contribution in [0.25, 0.3) is 0 Å². The van der Waals surface area contributed by atoms with Gasteiger partial charge in [0.15, 0.2) is 5.78 Å². The molecule has 0 unspecified atom stereocenters.